The SMILES string of the molecule is N#Cc1nc(-c2c(F)c(F)c(F)c(F)c2F)ccc1N. The Labute approximate surface area is 109 Å². The number of nitriles is 1. The molecule has 3 nitrogen and oxygen atoms in total. The van der Waals surface area contributed by atoms with E-state index in [0.29, 0.717) is 0 Å². The first-order chi connectivity index (χ1) is 9.38. The smallest absolute Gasteiger partial charge is 0.200 e. The molecular formula is C12H4F5N3. The molecule has 1 aromatic heterocycles. The van der Waals surface area contributed by atoms with Crippen LogP contribution < -0.4 is 5.73 Å². The van der Waals surface area contributed by atoms with Gasteiger partial charge in [0.2, 0.25) is 5.82 Å². The molecule has 1 heterocycles. The molecule has 0 aliphatic carbocycles. The maximum absolute atomic E-state index is 13.5. The summed E-state index contributed by atoms with van der Waals surface area (Å²) in [5, 5.41) is 8.69. The molecule has 102 valence electrons. The number of aromatic nitrogens is 1. The van der Waals surface area contributed by atoms with E-state index >= 15 is 0 Å². The maximum atomic E-state index is 13.5. The van der Waals surface area contributed by atoms with Gasteiger partial charge in [0.15, 0.2) is 29.0 Å². The van der Waals surface area contributed by atoms with Crippen molar-refractivity contribution in [1.29, 1.82) is 5.26 Å². The first-order valence-corrected chi connectivity index (χ1v) is 5.07. The van der Waals surface area contributed by atoms with Gasteiger partial charge in [0, 0.05) is 0 Å². The number of hydrogen-bond donors (Lipinski definition) is 1. The van der Waals surface area contributed by atoms with Crippen LogP contribution in [0.5, 0.6) is 0 Å². The van der Waals surface area contributed by atoms with Crippen molar-refractivity contribution < 1.29 is 22.0 Å². The zero-order valence-corrected chi connectivity index (χ0v) is 9.52. The standard InChI is InChI=1S/C12H4F5N3/c13-8-7(9(14)11(16)12(17)10(8)15)5-2-1-4(19)6(3-18)20-5/h1-2H,19H2. The van der Waals surface area contributed by atoms with Crippen molar-refractivity contribution in [2.45, 2.75) is 0 Å². The lowest BCUT2D eigenvalue weighted by Gasteiger charge is -2.08. The zero-order chi connectivity index (χ0) is 15.0. The van der Waals surface area contributed by atoms with Gasteiger partial charge in [-0.15, -0.1) is 0 Å². The van der Waals surface area contributed by atoms with Gasteiger partial charge in [-0.3, -0.25) is 0 Å². The van der Waals surface area contributed by atoms with Gasteiger partial charge in [-0.2, -0.15) is 5.26 Å². The van der Waals surface area contributed by atoms with Crippen LogP contribution in [0.15, 0.2) is 12.1 Å². The maximum Gasteiger partial charge on any atom is 0.200 e. The largest absolute Gasteiger partial charge is 0.396 e. The Balaban J connectivity index is 2.81. The second-order valence-electron chi connectivity index (χ2n) is 3.69. The average Bonchev–Trinajstić information content (AvgIpc) is 2.45. The number of pyridine rings is 1. The minimum absolute atomic E-state index is 0.0832. The van der Waals surface area contributed by atoms with Crippen LogP contribution >= 0.6 is 0 Å². The van der Waals surface area contributed by atoms with Gasteiger partial charge in [-0.1, -0.05) is 0 Å². The Hall–Kier alpha value is -2.69. The lowest BCUT2D eigenvalue weighted by atomic mass is 10.1. The van der Waals surface area contributed by atoms with Crippen molar-refractivity contribution in [2.24, 2.45) is 0 Å². The van der Waals surface area contributed by atoms with Gasteiger partial charge in [0.1, 0.15) is 6.07 Å². The van der Waals surface area contributed by atoms with Crippen LogP contribution in [0.1, 0.15) is 5.69 Å². The zero-order valence-electron chi connectivity index (χ0n) is 9.52. The quantitative estimate of drug-likeness (QED) is 0.498. The van der Waals surface area contributed by atoms with E-state index in [1.165, 1.54) is 0 Å². The molecule has 0 unspecified atom stereocenters. The van der Waals surface area contributed by atoms with Crippen molar-refractivity contribution in [3.63, 3.8) is 0 Å². The number of nitrogens with two attached hydrogens (primary N) is 1. The van der Waals surface area contributed by atoms with Crippen LogP contribution in [0.2, 0.25) is 0 Å². The minimum Gasteiger partial charge on any atom is -0.396 e. The van der Waals surface area contributed by atoms with Crippen molar-refractivity contribution >= 4 is 5.69 Å². The number of halogens is 5. The molecule has 0 fully saturated rings. The second kappa shape index (κ2) is 4.77. The first-order valence-electron chi connectivity index (χ1n) is 5.07. The van der Waals surface area contributed by atoms with Crippen LogP contribution in [0.25, 0.3) is 11.3 Å². The van der Waals surface area contributed by atoms with Crippen molar-refractivity contribution in [2.75, 3.05) is 5.73 Å². The molecule has 0 atom stereocenters. The molecule has 0 saturated heterocycles. The number of hydrogen-bond acceptors (Lipinski definition) is 3. The highest BCUT2D eigenvalue weighted by Crippen LogP contribution is 2.31. The Morgan fingerprint density at radius 1 is 0.900 bits per heavy atom. The molecule has 20 heavy (non-hydrogen) atoms. The van der Waals surface area contributed by atoms with Gasteiger partial charge < -0.3 is 5.73 Å². The Morgan fingerprint density at radius 3 is 1.90 bits per heavy atom. The summed E-state index contributed by atoms with van der Waals surface area (Å²) in [5.74, 6) is -10.5. The van der Waals surface area contributed by atoms with Crippen molar-refractivity contribution in [1.82, 2.24) is 4.98 Å². The molecule has 0 aliphatic rings. The first kappa shape index (κ1) is 13.7. The molecule has 2 N–H and O–H groups in total. The average molecular weight is 285 g/mol. The number of rotatable bonds is 1. The monoisotopic (exact) mass is 285 g/mol. The van der Waals surface area contributed by atoms with E-state index in [9.17, 15) is 22.0 Å². The van der Waals surface area contributed by atoms with E-state index in [1.54, 1.807) is 6.07 Å². The number of nitrogen functional groups attached to an aromatic ring is 1. The van der Waals surface area contributed by atoms with Crippen LogP contribution in [0.4, 0.5) is 27.6 Å². The summed E-state index contributed by atoms with van der Waals surface area (Å²) in [6, 6.07) is 3.58. The minimum atomic E-state index is -2.26. The van der Waals surface area contributed by atoms with E-state index in [4.69, 9.17) is 11.0 Å². The summed E-state index contributed by atoms with van der Waals surface area (Å²) >= 11 is 0. The van der Waals surface area contributed by atoms with Crippen molar-refractivity contribution in [3.8, 4) is 17.3 Å². The van der Waals surface area contributed by atoms with E-state index in [-0.39, 0.29) is 11.4 Å². The topological polar surface area (TPSA) is 62.7 Å². The Bertz CT molecular complexity index is 723. The lowest BCUT2D eigenvalue weighted by molar-refractivity contribution is 0.381. The van der Waals surface area contributed by atoms with E-state index in [1.807, 2.05) is 0 Å². The lowest BCUT2D eigenvalue weighted by Crippen LogP contribution is -2.06. The van der Waals surface area contributed by atoms with Crippen LogP contribution in [-0.2, 0) is 0 Å². The van der Waals surface area contributed by atoms with Crippen LogP contribution in [0, 0.1) is 40.4 Å². The predicted molar refractivity (Wildman–Crippen MR) is 58.6 cm³/mol. The normalized spacial score (nSPS) is 10.4. The fourth-order valence-electron chi connectivity index (χ4n) is 1.53. The number of anilines is 1. The highest BCUT2D eigenvalue weighted by atomic mass is 19.2. The van der Waals surface area contributed by atoms with E-state index in [2.05, 4.69) is 4.98 Å². The second-order valence-corrected chi connectivity index (χ2v) is 3.69. The summed E-state index contributed by atoms with van der Waals surface area (Å²) < 4.78 is 66.1. The van der Waals surface area contributed by atoms with Gasteiger partial charge in [0.05, 0.1) is 16.9 Å². The van der Waals surface area contributed by atoms with Crippen molar-refractivity contribution in [3.05, 3.63) is 46.9 Å². The van der Waals surface area contributed by atoms with Gasteiger partial charge in [0.25, 0.3) is 0 Å². The molecule has 0 aliphatic heterocycles. The molecule has 0 spiro atoms. The van der Waals surface area contributed by atoms with Gasteiger partial charge in [-0.25, -0.2) is 26.9 Å². The van der Waals surface area contributed by atoms with Gasteiger partial charge >= 0.3 is 0 Å². The third-order valence-electron chi connectivity index (χ3n) is 2.50. The fourth-order valence-corrected chi connectivity index (χ4v) is 1.53. The number of nitrogens with zero attached hydrogens (tertiary/aromatic N) is 2. The summed E-state index contributed by atoms with van der Waals surface area (Å²) in [7, 11) is 0. The van der Waals surface area contributed by atoms with Crippen LogP contribution in [-0.4, -0.2) is 4.98 Å². The number of benzene rings is 1. The highest BCUT2D eigenvalue weighted by Gasteiger charge is 2.27. The molecule has 1 aromatic carbocycles. The molecule has 0 radical (unpaired) electrons. The van der Waals surface area contributed by atoms with Crippen LogP contribution in [0.3, 0.4) is 0 Å². The Morgan fingerprint density at radius 2 is 1.40 bits per heavy atom. The third kappa shape index (κ3) is 1.93. The summed E-state index contributed by atoms with van der Waals surface area (Å²) in [6.45, 7) is 0. The third-order valence-corrected chi connectivity index (χ3v) is 2.50. The van der Waals surface area contributed by atoms with Gasteiger partial charge in [-0.05, 0) is 12.1 Å². The highest BCUT2D eigenvalue weighted by molar-refractivity contribution is 5.65. The molecular weight excluding hydrogens is 281 g/mol. The molecule has 0 bridgehead atoms. The molecule has 0 saturated carbocycles. The molecule has 2 aromatic rings. The Kier molecular flexibility index (Phi) is 3.28. The molecule has 8 heteroatoms. The summed E-state index contributed by atoms with van der Waals surface area (Å²) in [6.07, 6.45) is 0. The van der Waals surface area contributed by atoms with E-state index in [0.717, 1.165) is 12.1 Å². The fraction of sp³-hybridized carbons (Fsp3) is 0. The predicted octanol–water partition coefficient (Wildman–Crippen LogP) is 2.90. The molecule has 2 rings (SSSR count). The van der Waals surface area contributed by atoms with E-state index < -0.39 is 40.3 Å². The molecule has 0 amide bonds. The summed E-state index contributed by atoms with van der Waals surface area (Å²) in [4.78, 5) is 3.47. The summed E-state index contributed by atoms with van der Waals surface area (Å²) in [5.41, 5.74) is 3.10.